The van der Waals surface area contributed by atoms with E-state index < -0.39 is 11.0 Å². The lowest BCUT2D eigenvalue weighted by atomic mass is 9.98. The van der Waals surface area contributed by atoms with Gasteiger partial charge in [0.2, 0.25) is 0 Å². The van der Waals surface area contributed by atoms with Crippen LogP contribution in [-0.2, 0) is 6.54 Å². The van der Waals surface area contributed by atoms with Crippen molar-refractivity contribution in [2.75, 3.05) is 26.3 Å². The molecule has 0 bridgehead atoms. The average molecular weight is 432 g/mol. The average Bonchev–Trinajstić information content (AvgIpc) is 3.21. The summed E-state index contributed by atoms with van der Waals surface area (Å²) >= 11 is 0. The van der Waals surface area contributed by atoms with Gasteiger partial charge in [-0.15, -0.1) is 0 Å². The molecule has 166 valence electrons. The summed E-state index contributed by atoms with van der Waals surface area (Å²) < 4.78 is 18.9. The molecule has 2 aliphatic rings. The van der Waals surface area contributed by atoms with Gasteiger partial charge < -0.3 is 34.3 Å². The normalized spacial score (nSPS) is 18.7. The number of carboxylic acid groups (broad SMARTS) is 1. The lowest BCUT2D eigenvalue weighted by Gasteiger charge is -2.29. The molecule has 1 saturated heterocycles. The number of ether oxygens (including phenoxy) is 3. The molecule has 1 aromatic heterocycles. The third-order valence-electron chi connectivity index (χ3n) is 5.51. The predicted octanol–water partition coefficient (Wildman–Crippen LogP) is 2.79. The number of hydrogen-bond acceptors (Lipinski definition) is 7. The zero-order valence-corrected chi connectivity index (χ0v) is 16.9. The van der Waals surface area contributed by atoms with E-state index in [4.69, 9.17) is 19.3 Å². The molecular weight excluding hydrogens is 408 g/mol. The monoisotopic (exact) mass is 432 g/mol. The molecule has 4 rings (SSSR count). The molecule has 3 heterocycles. The lowest BCUT2D eigenvalue weighted by molar-refractivity contribution is -0.389. The summed E-state index contributed by atoms with van der Waals surface area (Å²) in [6, 6.07) is 7.54. The molecule has 0 unspecified atom stereocenters. The van der Waals surface area contributed by atoms with Crippen LogP contribution in [-0.4, -0.2) is 63.0 Å². The van der Waals surface area contributed by atoms with Crippen LogP contribution in [0.2, 0.25) is 0 Å². The van der Waals surface area contributed by atoms with E-state index in [9.17, 15) is 14.9 Å². The van der Waals surface area contributed by atoms with E-state index in [0.29, 0.717) is 50.9 Å². The Labute approximate surface area is 178 Å². The van der Waals surface area contributed by atoms with Gasteiger partial charge in [0.05, 0.1) is 6.61 Å². The highest BCUT2D eigenvalue weighted by atomic mass is 16.6. The first-order chi connectivity index (χ1) is 15.0. The van der Waals surface area contributed by atoms with Crippen molar-refractivity contribution in [3.8, 4) is 17.5 Å². The number of benzene rings is 1. The summed E-state index contributed by atoms with van der Waals surface area (Å²) in [5, 5.41) is 19.8. The van der Waals surface area contributed by atoms with Crippen molar-refractivity contribution in [3.63, 3.8) is 0 Å². The van der Waals surface area contributed by atoms with E-state index in [2.05, 4.69) is 4.98 Å². The van der Waals surface area contributed by atoms with E-state index in [1.54, 1.807) is 4.57 Å². The minimum absolute atomic E-state index is 0.223. The van der Waals surface area contributed by atoms with Crippen LogP contribution in [0.15, 0.2) is 30.5 Å². The van der Waals surface area contributed by atoms with Gasteiger partial charge in [0.1, 0.15) is 30.4 Å². The van der Waals surface area contributed by atoms with Crippen molar-refractivity contribution in [2.24, 2.45) is 5.92 Å². The van der Waals surface area contributed by atoms with Crippen LogP contribution >= 0.6 is 0 Å². The Morgan fingerprint density at radius 1 is 1.13 bits per heavy atom. The van der Waals surface area contributed by atoms with Crippen LogP contribution in [0.25, 0.3) is 0 Å². The van der Waals surface area contributed by atoms with E-state index in [1.807, 2.05) is 24.3 Å². The molecule has 2 aliphatic heterocycles. The van der Waals surface area contributed by atoms with Crippen LogP contribution < -0.4 is 14.2 Å². The first kappa shape index (κ1) is 20.8. The number of aromatic nitrogens is 2. The van der Waals surface area contributed by atoms with E-state index in [0.717, 1.165) is 18.6 Å². The molecule has 1 aromatic carbocycles. The zero-order valence-electron chi connectivity index (χ0n) is 16.9. The Morgan fingerprint density at radius 2 is 1.77 bits per heavy atom. The summed E-state index contributed by atoms with van der Waals surface area (Å²) in [5.74, 6) is 1.53. The number of amides is 1. The number of likely N-dealkylation sites (tertiary alicyclic amines) is 1. The first-order valence-corrected chi connectivity index (χ1v) is 10.2. The third-order valence-corrected chi connectivity index (χ3v) is 5.51. The number of carbonyl (C=O) groups is 1. The number of imidazole rings is 1. The number of nitro groups is 1. The van der Waals surface area contributed by atoms with E-state index in [1.165, 1.54) is 11.1 Å². The van der Waals surface area contributed by atoms with Gasteiger partial charge in [-0.3, -0.25) is 4.57 Å². The van der Waals surface area contributed by atoms with Gasteiger partial charge in [-0.05, 0) is 47.9 Å². The highest BCUT2D eigenvalue weighted by Gasteiger charge is 2.28. The fraction of sp³-hybridized carbons (Fsp3) is 0.500. The number of nitrogens with zero attached hydrogens (tertiary/aromatic N) is 4. The molecule has 0 aliphatic carbocycles. The highest BCUT2D eigenvalue weighted by Crippen LogP contribution is 2.25. The van der Waals surface area contributed by atoms with E-state index in [-0.39, 0.29) is 17.9 Å². The van der Waals surface area contributed by atoms with Crippen LogP contribution in [0.5, 0.6) is 17.5 Å². The second kappa shape index (κ2) is 9.11. The van der Waals surface area contributed by atoms with Crippen molar-refractivity contribution in [3.05, 3.63) is 40.6 Å². The maximum atomic E-state index is 11.0. The molecule has 1 N–H and O–H groups in total. The van der Waals surface area contributed by atoms with E-state index >= 15 is 0 Å². The topological polar surface area (TPSA) is 129 Å². The van der Waals surface area contributed by atoms with Gasteiger partial charge in [0.25, 0.3) is 0 Å². The second-order valence-electron chi connectivity index (χ2n) is 7.67. The molecule has 2 aromatic rings. The van der Waals surface area contributed by atoms with Crippen molar-refractivity contribution >= 4 is 11.9 Å². The summed E-state index contributed by atoms with van der Waals surface area (Å²) in [6.07, 6.45) is 2.55. The van der Waals surface area contributed by atoms with Gasteiger partial charge in [0.15, 0.2) is 0 Å². The lowest BCUT2D eigenvalue weighted by Crippen LogP contribution is -2.38. The number of piperidine rings is 1. The minimum Gasteiger partial charge on any atom is -0.493 e. The van der Waals surface area contributed by atoms with Gasteiger partial charge in [-0.25, -0.2) is 4.79 Å². The first-order valence-electron chi connectivity index (χ1n) is 10.2. The largest absolute Gasteiger partial charge is 0.493 e. The van der Waals surface area contributed by atoms with Crippen molar-refractivity contribution in [1.29, 1.82) is 0 Å². The SMILES string of the molecule is O=C(O)N1CCC(COc2ccc(OC[C@H]3CCn4cc([N+](=O)[O-])nc4O3)cc2)CC1. The summed E-state index contributed by atoms with van der Waals surface area (Å²) in [5.41, 5.74) is 0. The third kappa shape index (κ3) is 5.16. The van der Waals surface area contributed by atoms with Crippen molar-refractivity contribution in [1.82, 2.24) is 14.5 Å². The molecular formula is C20H24N4O7. The number of rotatable bonds is 7. The quantitative estimate of drug-likeness (QED) is 0.522. The Morgan fingerprint density at radius 3 is 2.39 bits per heavy atom. The smallest absolute Gasteiger partial charge is 0.414 e. The minimum atomic E-state index is -0.861. The molecule has 1 amide bonds. The molecule has 0 spiro atoms. The molecule has 0 saturated carbocycles. The Bertz CT molecular complexity index is 922. The van der Waals surface area contributed by atoms with Gasteiger partial charge >= 0.3 is 17.9 Å². The molecule has 0 radical (unpaired) electrons. The summed E-state index contributed by atoms with van der Waals surface area (Å²) in [4.78, 5) is 26.6. The van der Waals surface area contributed by atoms with Gasteiger partial charge in [0, 0.05) is 31.0 Å². The predicted molar refractivity (Wildman–Crippen MR) is 108 cm³/mol. The van der Waals surface area contributed by atoms with Crippen LogP contribution in [0.3, 0.4) is 0 Å². The molecule has 11 nitrogen and oxygen atoms in total. The van der Waals surface area contributed by atoms with Crippen LogP contribution in [0, 0.1) is 16.0 Å². The molecule has 31 heavy (non-hydrogen) atoms. The van der Waals surface area contributed by atoms with Gasteiger partial charge in [-0.2, -0.15) is 0 Å². The van der Waals surface area contributed by atoms with Crippen molar-refractivity contribution in [2.45, 2.75) is 31.9 Å². The van der Waals surface area contributed by atoms with Crippen LogP contribution in [0.4, 0.5) is 10.6 Å². The summed E-state index contributed by atoms with van der Waals surface area (Å²) in [7, 11) is 0. The van der Waals surface area contributed by atoms with Gasteiger partial charge in [-0.1, -0.05) is 0 Å². The van der Waals surface area contributed by atoms with Crippen LogP contribution in [0.1, 0.15) is 19.3 Å². The fourth-order valence-corrected chi connectivity index (χ4v) is 3.66. The Balaban J connectivity index is 1.20. The Hall–Kier alpha value is -3.50. The molecule has 1 atom stereocenters. The second-order valence-corrected chi connectivity index (χ2v) is 7.67. The van der Waals surface area contributed by atoms with Crippen molar-refractivity contribution < 1.29 is 29.0 Å². The Kier molecular flexibility index (Phi) is 6.10. The fourth-order valence-electron chi connectivity index (χ4n) is 3.66. The maximum Gasteiger partial charge on any atom is 0.414 e. The number of fused-ring (bicyclic) bond motifs is 1. The molecule has 11 heteroatoms. The summed E-state index contributed by atoms with van der Waals surface area (Å²) in [6.45, 7) is 2.55. The standard InChI is InChI=1S/C20H24N4O7/c25-20(26)22-8-5-14(6-9-22)12-29-15-1-3-16(4-2-15)30-13-17-7-10-23-11-18(24(27)28)21-19(23)31-17/h1-4,11,14,17H,5-10,12-13H2,(H,25,26)/t17-/m1/s1. The number of aryl methyl sites for hydroxylation is 1. The zero-order chi connectivity index (χ0) is 21.8. The molecule has 1 fully saturated rings. The maximum absolute atomic E-state index is 11.0. The highest BCUT2D eigenvalue weighted by molar-refractivity contribution is 5.64. The number of hydrogen-bond donors (Lipinski definition) is 1.